The van der Waals surface area contributed by atoms with Crippen LogP contribution in [0.1, 0.15) is 6.92 Å². The van der Waals surface area contributed by atoms with Gasteiger partial charge >= 0.3 is 5.97 Å². The van der Waals surface area contributed by atoms with Crippen LogP contribution in [0.4, 0.5) is 0 Å². The van der Waals surface area contributed by atoms with Crippen LogP contribution in [0.2, 0.25) is 0 Å². The van der Waals surface area contributed by atoms with E-state index < -0.39 is 12.1 Å². The van der Waals surface area contributed by atoms with Gasteiger partial charge in [0, 0.05) is 0 Å². The molecule has 0 spiro atoms. The second-order valence-electron chi connectivity index (χ2n) is 7.09. The monoisotopic (exact) mass is 530 g/mol. The van der Waals surface area contributed by atoms with Crippen molar-refractivity contribution < 1.29 is 62.4 Å². The van der Waals surface area contributed by atoms with Crippen LogP contribution in [0.25, 0.3) is 0 Å². The maximum atomic E-state index is 10.6. The van der Waals surface area contributed by atoms with Crippen LogP contribution in [-0.2, 0) is 52.2 Å². The highest BCUT2D eigenvalue weighted by Crippen LogP contribution is 1.91. The third kappa shape index (κ3) is 29.3. The van der Waals surface area contributed by atoms with Crippen molar-refractivity contribution in [1.82, 2.24) is 0 Å². The summed E-state index contributed by atoms with van der Waals surface area (Å²) in [5.74, 6) is -0.991. The van der Waals surface area contributed by atoms with Gasteiger partial charge in [-0.3, -0.25) is 0 Å². The van der Waals surface area contributed by atoms with E-state index in [2.05, 4.69) is 0 Å². The van der Waals surface area contributed by atoms with Crippen LogP contribution in [0, 0.1) is 0 Å². The summed E-state index contributed by atoms with van der Waals surface area (Å²) in [6.07, 6.45) is -0.831. The molecule has 0 amide bonds. The number of carboxylic acid groups (broad SMARTS) is 1. The molecule has 0 aliphatic heterocycles. The van der Waals surface area contributed by atoms with Crippen LogP contribution in [0.5, 0.6) is 0 Å². The van der Waals surface area contributed by atoms with Gasteiger partial charge in [-0.15, -0.1) is 0 Å². The van der Waals surface area contributed by atoms with Crippen molar-refractivity contribution in [2.45, 2.75) is 13.0 Å². The average molecular weight is 531 g/mol. The van der Waals surface area contributed by atoms with Gasteiger partial charge in [-0.1, -0.05) is 0 Å². The molecule has 36 heavy (non-hydrogen) atoms. The number of carboxylic acids is 1. The Kier molecular flexibility index (Phi) is 29.4. The molecule has 13 heteroatoms. The molecule has 0 heterocycles. The largest absolute Gasteiger partial charge is 0.479 e. The van der Waals surface area contributed by atoms with E-state index in [0.717, 1.165) is 0 Å². The van der Waals surface area contributed by atoms with Crippen LogP contribution < -0.4 is 0 Å². The summed E-state index contributed by atoms with van der Waals surface area (Å²) < 4.78 is 53.1. The maximum Gasteiger partial charge on any atom is 0.332 e. The number of hydrogen-bond donors (Lipinski definition) is 2. The highest BCUT2D eigenvalue weighted by Gasteiger charge is 2.09. The first kappa shape index (κ1) is 35.0. The van der Waals surface area contributed by atoms with Gasteiger partial charge in [0.1, 0.15) is 0 Å². The standard InChI is InChI=1S/C23H46O13/c1-22(23(25)26)36-21-20-35-19-18-34-17-16-33-15-14-32-13-12-31-11-10-30-9-8-29-7-6-28-5-4-27-3-2-24/h22,24H,2-21H2,1H3,(H,25,26). The van der Waals surface area contributed by atoms with Crippen LogP contribution in [0.3, 0.4) is 0 Å². The molecule has 0 rings (SSSR count). The minimum absolute atomic E-state index is 0.0209. The molecule has 0 aromatic rings. The summed E-state index contributed by atoms with van der Waals surface area (Å²) in [5, 5.41) is 17.2. The smallest absolute Gasteiger partial charge is 0.332 e. The molecule has 0 saturated heterocycles. The zero-order valence-electron chi connectivity index (χ0n) is 21.6. The lowest BCUT2D eigenvalue weighted by Crippen LogP contribution is -2.22. The number of aliphatic hydroxyl groups excluding tert-OH is 1. The predicted octanol–water partition coefficient (Wildman–Crippen LogP) is -0.382. The first-order valence-electron chi connectivity index (χ1n) is 12.3. The molecule has 0 aliphatic carbocycles. The Labute approximate surface area is 214 Å². The molecular formula is C23H46O13. The van der Waals surface area contributed by atoms with Gasteiger partial charge in [0.2, 0.25) is 0 Å². The molecule has 0 fully saturated rings. The molecule has 1 unspecified atom stereocenters. The highest BCUT2D eigenvalue weighted by atomic mass is 16.6. The zero-order valence-corrected chi connectivity index (χ0v) is 21.6. The Morgan fingerprint density at radius 3 is 0.917 bits per heavy atom. The molecule has 0 radical (unpaired) electrons. The molecule has 1 atom stereocenters. The molecule has 0 bridgehead atoms. The van der Waals surface area contributed by atoms with Crippen molar-refractivity contribution in [2.75, 3.05) is 132 Å². The van der Waals surface area contributed by atoms with Crippen molar-refractivity contribution >= 4 is 5.97 Å². The number of ether oxygens (including phenoxy) is 10. The van der Waals surface area contributed by atoms with E-state index in [4.69, 9.17) is 57.6 Å². The number of aliphatic carboxylic acids is 1. The van der Waals surface area contributed by atoms with Crippen molar-refractivity contribution in [3.05, 3.63) is 0 Å². The maximum absolute atomic E-state index is 10.6. The fourth-order valence-corrected chi connectivity index (χ4v) is 2.28. The molecule has 0 aromatic carbocycles. The fraction of sp³-hybridized carbons (Fsp3) is 0.957. The fourth-order valence-electron chi connectivity index (χ4n) is 2.28. The Hall–Kier alpha value is -0.970. The van der Waals surface area contributed by atoms with Gasteiger partial charge in [-0.2, -0.15) is 0 Å². The molecule has 2 N–H and O–H groups in total. The molecule has 0 aromatic heterocycles. The van der Waals surface area contributed by atoms with Gasteiger partial charge in [0.05, 0.1) is 132 Å². The average Bonchev–Trinajstić information content (AvgIpc) is 2.87. The number of aliphatic hydroxyl groups is 1. The number of hydrogen-bond acceptors (Lipinski definition) is 12. The second-order valence-corrected chi connectivity index (χ2v) is 7.09. The second kappa shape index (κ2) is 30.3. The minimum atomic E-state index is -0.991. The Morgan fingerprint density at radius 2 is 0.694 bits per heavy atom. The topological polar surface area (TPSA) is 150 Å². The lowest BCUT2D eigenvalue weighted by atomic mass is 10.4. The summed E-state index contributed by atoms with van der Waals surface area (Å²) in [7, 11) is 0. The third-order valence-corrected chi connectivity index (χ3v) is 4.15. The summed E-state index contributed by atoms with van der Waals surface area (Å²) in [5.41, 5.74) is 0. The van der Waals surface area contributed by atoms with Gasteiger partial charge in [-0.25, -0.2) is 4.79 Å². The highest BCUT2D eigenvalue weighted by molar-refractivity contribution is 5.71. The molecule has 0 saturated carbocycles. The summed E-state index contributed by atoms with van der Waals surface area (Å²) in [6, 6.07) is 0. The van der Waals surface area contributed by atoms with Crippen LogP contribution >= 0.6 is 0 Å². The lowest BCUT2D eigenvalue weighted by Gasteiger charge is -2.09. The van der Waals surface area contributed by atoms with Crippen LogP contribution in [0.15, 0.2) is 0 Å². The van der Waals surface area contributed by atoms with E-state index in [1.165, 1.54) is 6.92 Å². The van der Waals surface area contributed by atoms with E-state index in [1.54, 1.807) is 0 Å². The molecule has 0 aliphatic rings. The summed E-state index contributed by atoms with van der Waals surface area (Å²) in [6.45, 7) is 10.00. The van der Waals surface area contributed by atoms with Gasteiger partial charge in [0.15, 0.2) is 6.10 Å². The van der Waals surface area contributed by atoms with E-state index in [9.17, 15) is 4.79 Å². The number of rotatable bonds is 31. The number of carbonyl (C=O) groups is 1. The molecule has 216 valence electrons. The normalized spacial score (nSPS) is 12.3. The summed E-state index contributed by atoms with van der Waals surface area (Å²) >= 11 is 0. The van der Waals surface area contributed by atoms with E-state index in [1.807, 2.05) is 0 Å². The quantitative estimate of drug-likeness (QED) is 0.112. The third-order valence-electron chi connectivity index (χ3n) is 4.15. The van der Waals surface area contributed by atoms with Crippen molar-refractivity contribution in [1.29, 1.82) is 0 Å². The zero-order chi connectivity index (χ0) is 26.4. The van der Waals surface area contributed by atoms with E-state index in [0.29, 0.717) is 119 Å². The van der Waals surface area contributed by atoms with Gasteiger partial charge in [-0.05, 0) is 6.92 Å². The Morgan fingerprint density at radius 1 is 0.472 bits per heavy atom. The molecule has 13 nitrogen and oxygen atoms in total. The minimum Gasteiger partial charge on any atom is -0.479 e. The van der Waals surface area contributed by atoms with Crippen molar-refractivity contribution in [3.63, 3.8) is 0 Å². The summed E-state index contributed by atoms with van der Waals surface area (Å²) in [4.78, 5) is 10.6. The van der Waals surface area contributed by atoms with Crippen LogP contribution in [-0.4, -0.2) is 154 Å². The lowest BCUT2D eigenvalue weighted by molar-refractivity contribution is -0.150. The Bertz CT molecular complexity index is 442. The van der Waals surface area contributed by atoms with Crippen molar-refractivity contribution in [2.24, 2.45) is 0 Å². The van der Waals surface area contributed by atoms with E-state index in [-0.39, 0.29) is 13.2 Å². The molecular weight excluding hydrogens is 484 g/mol. The predicted molar refractivity (Wildman–Crippen MR) is 128 cm³/mol. The first-order valence-corrected chi connectivity index (χ1v) is 12.3. The van der Waals surface area contributed by atoms with E-state index >= 15 is 0 Å². The SMILES string of the molecule is CC(OCCOCCOCCOCCOCCOCCOCCOCCOCCOCCO)C(=O)O. The van der Waals surface area contributed by atoms with Gasteiger partial charge in [0.25, 0.3) is 0 Å². The Balaban J connectivity index is 3.05. The first-order chi connectivity index (χ1) is 17.7. The van der Waals surface area contributed by atoms with Gasteiger partial charge < -0.3 is 57.6 Å². The van der Waals surface area contributed by atoms with Crippen molar-refractivity contribution in [3.8, 4) is 0 Å².